The molecule has 0 unspecified atom stereocenters. The summed E-state index contributed by atoms with van der Waals surface area (Å²) < 4.78 is 10.6. The molecule has 2 amide bonds. The van der Waals surface area contributed by atoms with Crippen molar-refractivity contribution in [3.8, 4) is 0 Å². The van der Waals surface area contributed by atoms with Crippen LogP contribution in [0, 0.1) is 10.8 Å². The van der Waals surface area contributed by atoms with Crippen molar-refractivity contribution in [2.75, 3.05) is 0 Å². The smallest absolute Gasteiger partial charge is 0.407 e. The highest BCUT2D eigenvalue weighted by molar-refractivity contribution is 5.84. The molecule has 0 saturated heterocycles. The number of rotatable bonds is 4. The first kappa shape index (κ1) is 35.7. The van der Waals surface area contributed by atoms with Gasteiger partial charge < -0.3 is 20.1 Å². The number of nitrogens with one attached hydrogen (secondary N) is 4. The van der Waals surface area contributed by atoms with E-state index < -0.39 is 11.2 Å². The molecule has 2 heterocycles. The van der Waals surface area contributed by atoms with Crippen LogP contribution in [-0.4, -0.2) is 55.9 Å². The number of hydrogen-bond donors (Lipinski definition) is 4. The van der Waals surface area contributed by atoms with E-state index in [0.717, 1.165) is 73.5 Å². The van der Waals surface area contributed by atoms with Crippen molar-refractivity contribution in [3.63, 3.8) is 0 Å². The van der Waals surface area contributed by atoms with E-state index >= 15 is 0 Å². The minimum absolute atomic E-state index is 0.136. The largest absolute Gasteiger partial charge is 0.444 e. The summed E-state index contributed by atoms with van der Waals surface area (Å²) >= 11 is 0. The molecule has 8 rings (SSSR count). The zero-order valence-electron chi connectivity index (χ0n) is 30.9. The Morgan fingerprint density at radius 2 is 0.923 bits per heavy atom. The first-order chi connectivity index (χ1) is 24.5. The second kappa shape index (κ2) is 13.0. The quantitative estimate of drug-likeness (QED) is 0.177. The van der Waals surface area contributed by atoms with Gasteiger partial charge in [-0.3, -0.25) is 9.59 Å². The molecule has 0 bridgehead atoms. The molecule has 2 aromatic heterocycles. The molecule has 52 heavy (non-hydrogen) atoms. The van der Waals surface area contributed by atoms with Crippen LogP contribution in [0.1, 0.15) is 116 Å². The molecular formula is C40H50N6O6. The van der Waals surface area contributed by atoms with Gasteiger partial charge in [-0.15, -0.1) is 0 Å². The van der Waals surface area contributed by atoms with Gasteiger partial charge in [0, 0.05) is 34.7 Å². The SMILES string of the molecule is CC(C)(C)OC(=O)NC1CC2(C1)CC(c1n[nH]c(=O)c3ccccc13)C2.CC(C)(C)OC(=O)NC1CC2(C1)CC(c1n[nH]c(=O)c3ccccc13)C2. The monoisotopic (exact) mass is 710 g/mol. The predicted octanol–water partition coefficient (Wildman–Crippen LogP) is 6.95. The van der Waals surface area contributed by atoms with E-state index in [1.807, 2.05) is 90.1 Å². The highest BCUT2D eigenvalue weighted by Gasteiger charge is 2.55. The van der Waals surface area contributed by atoms with Gasteiger partial charge in [0.25, 0.3) is 11.1 Å². The summed E-state index contributed by atoms with van der Waals surface area (Å²) in [6.07, 6.45) is 7.53. The number of aromatic nitrogens is 4. The highest BCUT2D eigenvalue weighted by Crippen LogP contribution is 2.63. The molecule has 4 aliphatic carbocycles. The molecule has 0 atom stereocenters. The van der Waals surface area contributed by atoms with E-state index in [1.165, 1.54) is 0 Å². The van der Waals surface area contributed by atoms with Crippen LogP contribution in [0.5, 0.6) is 0 Å². The van der Waals surface area contributed by atoms with Gasteiger partial charge >= 0.3 is 12.2 Å². The van der Waals surface area contributed by atoms with E-state index in [2.05, 4.69) is 31.0 Å². The maximum atomic E-state index is 11.9. The van der Waals surface area contributed by atoms with Gasteiger partial charge in [0.05, 0.1) is 22.2 Å². The Labute approximate surface area is 302 Å². The standard InChI is InChI=1S/2C20H25N3O3/c2*1-19(2,3)26-18(25)21-13-10-20(11-13)8-12(9-20)16-14-6-4-5-7-15(14)17(24)23-22-16/h2*4-7,12-13H,8-11H2,1-3H3,(H,21,25)(H,23,24). The van der Waals surface area contributed by atoms with Crippen molar-refractivity contribution in [1.82, 2.24) is 31.0 Å². The number of alkyl carbamates (subject to hydrolysis) is 2. The minimum atomic E-state index is -0.468. The number of carbonyl (C=O) groups is 2. The fourth-order valence-corrected chi connectivity index (χ4v) is 9.04. The van der Waals surface area contributed by atoms with E-state index in [9.17, 15) is 19.2 Å². The van der Waals surface area contributed by atoms with Crippen molar-refractivity contribution in [1.29, 1.82) is 0 Å². The van der Waals surface area contributed by atoms with Gasteiger partial charge in [-0.2, -0.15) is 10.2 Å². The molecule has 4 fully saturated rings. The van der Waals surface area contributed by atoms with Crippen LogP contribution < -0.4 is 21.8 Å². The van der Waals surface area contributed by atoms with Gasteiger partial charge in [-0.1, -0.05) is 36.4 Å². The fraction of sp³-hybridized carbons (Fsp3) is 0.550. The third kappa shape index (κ3) is 7.43. The van der Waals surface area contributed by atoms with Crippen LogP contribution in [-0.2, 0) is 9.47 Å². The number of fused-ring (bicyclic) bond motifs is 2. The molecular weight excluding hydrogens is 660 g/mol. The molecule has 4 N–H and O–H groups in total. The second-order valence-corrected chi connectivity index (χ2v) is 17.7. The van der Waals surface area contributed by atoms with Crippen LogP contribution in [0.4, 0.5) is 9.59 Å². The van der Waals surface area contributed by atoms with Gasteiger partial charge in [0.15, 0.2) is 0 Å². The average molecular weight is 711 g/mol. The number of carbonyl (C=O) groups excluding carboxylic acids is 2. The van der Waals surface area contributed by atoms with E-state index in [-0.39, 0.29) is 35.4 Å². The Kier molecular flexibility index (Phi) is 8.94. The van der Waals surface area contributed by atoms with Gasteiger partial charge in [-0.25, -0.2) is 19.8 Å². The van der Waals surface area contributed by atoms with Gasteiger partial charge in [-0.05, 0) is 116 Å². The number of H-pyrrole nitrogens is 2. The van der Waals surface area contributed by atoms with Crippen molar-refractivity contribution < 1.29 is 19.1 Å². The Hall–Kier alpha value is -4.74. The lowest BCUT2D eigenvalue weighted by Crippen LogP contribution is -2.56. The van der Waals surface area contributed by atoms with Crippen molar-refractivity contribution in [2.24, 2.45) is 10.8 Å². The van der Waals surface area contributed by atoms with Crippen LogP contribution in [0.3, 0.4) is 0 Å². The number of hydrogen-bond acceptors (Lipinski definition) is 8. The molecule has 2 spiro atoms. The average Bonchev–Trinajstić information content (AvgIpc) is 2.98. The third-order valence-corrected chi connectivity index (χ3v) is 11.1. The Bertz CT molecular complexity index is 1950. The maximum absolute atomic E-state index is 11.9. The summed E-state index contributed by atoms with van der Waals surface area (Å²) in [5.74, 6) is 0.749. The molecule has 4 aromatic rings. The zero-order valence-corrected chi connectivity index (χ0v) is 30.9. The summed E-state index contributed by atoms with van der Waals surface area (Å²) in [5, 5.41) is 23.2. The molecule has 12 heteroatoms. The Morgan fingerprint density at radius 1 is 0.596 bits per heavy atom. The van der Waals surface area contributed by atoms with Crippen molar-refractivity contribution in [3.05, 3.63) is 80.6 Å². The number of nitrogens with zero attached hydrogens (tertiary/aromatic N) is 2. The molecule has 276 valence electrons. The lowest BCUT2D eigenvalue weighted by atomic mass is 9.49. The summed E-state index contributed by atoms with van der Waals surface area (Å²) in [6, 6.07) is 15.7. The second-order valence-electron chi connectivity index (χ2n) is 17.7. The third-order valence-electron chi connectivity index (χ3n) is 11.1. The Balaban J connectivity index is 0.000000162. The van der Waals surface area contributed by atoms with E-state index in [4.69, 9.17) is 9.47 Å². The molecule has 2 aromatic carbocycles. The normalized spacial score (nSPS) is 27.7. The number of ether oxygens (including phenoxy) is 2. The van der Waals surface area contributed by atoms with Crippen LogP contribution in [0.15, 0.2) is 58.1 Å². The molecule has 4 aliphatic rings. The topological polar surface area (TPSA) is 168 Å². The summed E-state index contributed by atoms with van der Waals surface area (Å²) in [4.78, 5) is 47.6. The number of aromatic amines is 2. The summed E-state index contributed by atoms with van der Waals surface area (Å²) in [5.41, 5.74) is 1.40. The minimum Gasteiger partial charge on any atom is -0.444 e. The molecule has 4 saturated carbocycles. The fourth-order valence-electron chi connectivity index (χ4n) is 9.04. The first-order valence-electron chi connectivity index (χ1n) is 18.4. The summed E-state index contributed by atoms with van der Waals surface area (Å²) in [7, 11) is 0. The van der Waals surface area contributed by atoms with Crippen LogP contribution in [0.25, 0.3) is 21.5 Å². The van der Waals surface area contributed by atoms with Gasteiger partial charge in [0.1, 0.15) is 11.2 Å². The van der Waals surface area contributed by atoms with Crippen molar-refractivity contribution in [2.45, 2.75) is 128 Å². The molecule has 0 aliphatic heterocycles. The number of amides is 2. The highest BCUT2D eigenvalue weighted by atomic mass is 16.6. The molecule has 0 radical (unpaired) electrons. The predicted molar refractivity (Wildman–Crippen MR) is 198 cm³/mol. The first-order valence-corrected chi connectivity index (χ1v) is 18.4. The lowest BCUT2D eigenvalue weighted by Gasteiger charge is -2.57. The van der Waals surface area contributed by atoms with Crippen LogP contribution >= 0.6 is 0 Å². The molecule has 12 nitrogen and oxygen atoms in total. The zero-order chi connectivity index (χ0) is 37.1. The number of benzene rings is 2. The Morgan fingerprint density at radius 3 is 1.25 bits per heavy atom. The van der Waals surface area contributed by atoms with Crippen LogP contribution in [0.2, 0.25) is 0 Å². The van der Waals surface area contributed by atoms with Crippen molar-refractivity contribution >= 4 is 33.7 Å². The van der Waals surface area contributed by atoms with E-state index in [0.29, 0.717) is 33.4 Å². The van der Waals surface area contributed by atoms with Gasteiger partial charge in [0.2, 0.25) is 0 Å². The maximum Gasteiger partial charge on any atom is 0.407 e. The summed E-state index contributed by atoms with van der Waals surface area (Å²) in [6.45, 7) is 11.2. The van der Waals surface area contributed by atoms with E-state index in [1.54, 1.807) is 0 Å². The lowest BCUT2D eigenvalue weighted by molar-refractivity contribution is -0.0266.